The molecule has 3 rings (SSSR count). The first-order valence-corrected chi connectivity index (χ1v) is 5.40. The Bertz CT molecular complexity index is 586. The van der Waals surface area contributed by atoms with Crippen molar-refractivity contribution in [3.63, 3.8) is 0 Å². The zero-order chi connectivity index (χ0) is 11.5. The molecule has 0 spiro atoms. The summed E-state index contributed by atoms with van der Waals surface area (Å²) in [6.45, 7) is 0.696. The van der Waals surface area contributed by atoms with E-state index in [1.165, 1.54) is 5.56 Å². The maximum atomic E-state index is 5.51. The number of pyridine rings is 1. The molecule has 0 atom stereocenters. The third-order valence-corrected chi connectivity index (χ3v) is 2.48. The number of nitrogens with one attached hydrogen (secondary N) is 1. The highest BCUT2D eigenvalue weighted by molar-refractivity contribution is 5.72. The van der Waals surface area contributed by atoms with Gasteiger partial charge in [0.15, 0.2) is 5.58 Å². The Balaban J connectivity index is 1.77. The van der Waals surface area contributed by atoms with Crippen LogP contribution in [0, 0.1) is 0 Å². The van der Waals surface area contributed by atoms with E-state index in [-0.39, 0.29) is 0 Å². The number of oxazole rings is 1. The SMILES string of the molecule is c1ccc(CNc2nc3ccncc3o2)cc1. The average Bonchev–Trinajstić information content (AvgIpc) is 2.80. The normalized spacial score (nSPS) is 10.6. The van der Waals surface area contributed by atoms with Gasteiger partial charge in [0, 0.05) is 12.7 Å². The molecular weight excluding hydrogens is 214 g/mol. The van der Waals surface area contributed by atoms with Gasteiger partial charge < -0.3 is 9.73 Å². The van der Waals surface area contributed by atoms with Gasteiger partial charge in [0.2, 0.25) is 0 Å². The Morgan fingerprint density at radius 3 is 2.82 bits per heavy atom. The van der Waals surface area contributed by atoms with Crippen LogP contribution >= 0.6 is 0 Å². The van der Waals surface area contributed by atoms with Crippen molar-refractivity contribution in [2.75, 3.05) is 5.32 Å². The second-order valence-electron chi connectivity index (χ2n) is 3.70. The van der Waals surface area contributed by atoms with Gasteiger partial charge in [-0.2, -0.15) is 4.98 Å². The lowest BCUT2D eigenvalue weighted by Gasteiger charge is -2.00. The lowest BCUT2D eigenvalue weighted by atomic mass is 10.2. The molecule has 84 valence electrons. The standard InChI is InChI=1S/C13H11N3O/c1-2-4-10(5-3-1)8-15-13-16-11-6-7-14-9-12(11)17-13/h1-7,9H,8H2,(H,15,16). The summed E-state index contributed by atoms with van der Waals surface area (Å²) in [4.78, 5) is 8.29. The summed E-state index contributed by atoms with van der Waals surface area (Å²) in [6.07, 6.45) is 3.36. The van der Waals surface area contributed by atoms with Crippen molar-refractivity contribution in [2.24, 2.45) is 0 Å². The summed E-state index contributed by atoms with van der Waals surface area (Å²) in [5, 5.41) is 3.14. The molecule has 4 nitrogen and oxygen atoms in total. The Labute approximate surface area is 98.3 Å². The number of fused-ring (bicyclic) bond motifs is 1. The molecule has 0 aliphatic carbocycles. The van der Waals surface area contributed by atoms with Gasteiger partial charge in [-0.3, -0.25) is 4.98 Å². The molecule has 1 N–H and O–H groups in total. The molecule has 0 aliphatic heterocycles. The van der Waals surface area contributed by atoms with Crippen LogP contribution in [0.25, 0.3) is 11.1 Å². The van der Waals surface area contributed by atoms with Crippen molar-refractivity contribution in [2.45, 2.75) is 6.54 Å². The third kappa shape index (κ3) is 2.10. The number of hydrogen-bond acceptors (Lipinski definition) is 4. The van der Waals surface area contributed by atoms with Crippen molar-refractivity contribution < 1.29 is 4.42 Å². The maximum absolute atomic E-state index is 5.51. The second kappa shape index (κ2) is 4.25. The van der Waals surface area contributed by atoms with Gasteiger partial charge in [-0.25, -0.2) is 0 Å². The third-order valence-electron chi connectivity index (χ3n) is 2.48. The Kier molecular flexibility index (Phi) is 2.46. The zero-order valence-corrected chi connectivity index (χ0v) is 9.13. The van der Waals surface area contributed by atoms with Gasteiger partial charge in [0.1, 0.15) is 5.52 Å². The molecular formula is C13H11N3O. The van der Waals surface area contributed by atoms with Crippen LogP contribution in [-0.2, 0) is 6.54 Å². The van der Waals surface area contributed by atoms with Crippen molar-refractivity contribution in [1.82, 2.24) is 9.97 Å². The number of nitrogens with zero attached hydrogens (tertiary/aromatic N) is 2. The van der Waals surface area contributed by atoms with E-state index < -0.39 is 0 Å². The molecule has 0 unspecified atom stereocenters. The van der Waals surface area contributed by atoms with E-state index in [1.54, 1.807) is 12.4 Å². The fourth-order valence-electron chi connectivity index (χ4n) is 1.63. The highest BCUT2D eigenvalue weighted by Gasteiger charge is 2.04. The van der Waals surface area contributed by atoms with E-state index >= 15 is 0 Å². The number of benzene rings is 1. The highest BCUT2D eigenvalue weighted by Crippen LogP contribution is 2.17. The Hall–Kier alpha value is -2.36. The predicted molar refractivity (Wildman–Crippen MR) is 65.6 cm³/mol. The monoisotopic (exact) mass is 225 g/mol. The van der Waals surface area contributed by atoms with E-state index in [2.05, 4.69) is 27.4 Å². The summed E-state index contributed by atoms with van der Waals surface area (Å²) in [5.74, 6) is 0. The van der Waals surface area contributed by atoms with Crippen molar-refractivity contribution in [3.05, 3.63) is 54.4 Å². The molecule has 1 aromatic carbocycles. The first-order chi connectivity index (χ1) is 8.42. The van der Waals surface area contributed by atoms with Crippen molar-refractivity contribution in [3.8, 4) is 0 Å². The number of rotatable bonds is 3. The van der Waals surface area contributed by atoms with E-state index in [0.29, 0.717) is 18.1 Å². The van der Waals surface area contributed by atoms with Crippen LogP contribution in [-0.4, -0.2) is 9.97 Å². The highest BCUT2D eigenvalue weighted by atomic mass is 16.4. The van der Waals surface area contributed by atoms with Crippen molar-refractivity contribution in [1.29, 1.82) is 0 Å². The minimum Gasteiger partial charge on any atom is -0.422 e. The van der Waals surface area contributed by atoms with Crippen molar-refractivity contribution >= 4 is 17.1 Å². The van der Waals surface area contributed by atoms with Crippen LogP contribution in [0.5, 0.6) is 0 Å². The quantitative estimate of drug-likeness (QED) is 0.744. The fraction of sp³-hybridized carbons (Fsp3) is 0.0769. The Morgan fingerprint density at radius 2 is 2.00 bits per heavy atom. The first-order valence-electron chi connectivity index (χ1n) is 5.40. The molecule has 3 aromatic rings. The van der Waals surface area contributed by atoms with E-state index in [0.717, 1.165) is 5.52 Å². The van der Waals surface area contributed by atoms with Crippen LogP contribution in [0.1, 0.15) is 5.56 Å². The Morgan fingerprint density at radius 1 is 1.12 bits per heavy atom. The number of hydrogen-bond donors (Lipinski definition) is 1. The zero-order valence-electron chi connectivity index (χ0n) is 9.13. The predicted octanol–water partition coefficient (Wildman–Crippen LogP) is 2.83. The van der Waals surface area contributed by atoms with Gasteiger partial charge >= 0.3 is 0 Å². The van der Waals surface area contributed by atoms with Crippen LogP contribution in [0.15, 0.2) is 53.2 Å². The molecule has 2 aromatic heterocycles. The van der Waals surface area contributed by atoms with Crippen LogP contribution in [0.2, 0.25) is 0 Å². The van der Waals surface area contributed by atoms with Gasteiger partial charge in [-0.1, -0.05) is 30.3 Å². The van der Waals surface area contributed by atoms with Crippen LogP contribution in [0.3, 0.4) is 0 Å². The number of anilines is 1. The molecule has 0 bridgehead atoms. The summed E-state index contributed by atoms with van der Waals surface area (Å²) in [6, 6.07) is 12.5. The molecule has 2 heterocycles. The van der Waals surface area contributed by atoms with E-state index in [4.69, 9.17) is 4.42 Å². The van der Waals surface area contributed by atoms with Gasteiger partial charge in [-0.05, 0) is 11.6 Å². The first kappa shape index (κ1) is 9.84. The average molecular weight is 225 g/mol. The molecule has 17 heavy (non-hydrogen) atoms. The maximum Gasteiger partial charge on any atom is 0.296 e. The molecule has 0 aliphatic rings. The molecule has 4 heteroatoms. The van der Waals surface area contributed by atoms with Crippen LogP contribution < -0.4 is 5.32 Å². The van der Waals surface area contributed by atoms with E-state index in [1.807, 2.05) is 24.3 Å². The molecule has 0 fully saturated rings. The largest absolute Gasteiger partial charge is 0.422 e. The lowest BCUT2D eigenvalue weighted by molar-refractivity contribution is 0.613. The summed E-state index contributed by atoms with van der Waals surface area (Å²) >= 11 is 0. The summed E-state index contributed by atoms with van der Waals surface area (Å²) in [7, 11) is 0. The van der Waals surface area contributed by atoms with Gasteiger partial charge in [0.25, 0.3) is 6.01 Å². The number of aromatic nitrogens is 2. The minimum absolute atomic E-state index is 0.525. The summed E-state index contributed by atoms with van der Waals surface area (Å²) in [5.41, 5.74) is 2.70. The smallest absolute Gasteiger partial charge is 0.296 e. The van der Waals surface area contributed by atoms with E-state index in [9.17, 15) is 0 Å². The summed E-state index contributed by atoms with van der Waals surface area (Å²) < 4.78 is 5.51. The molecule has 0 saturated heterocycles. The topological polar surface area (TPSA) is 51.0 Å². The fourth-order valence-corrected chi connectivity index (χ4v) is 1.63. The van der Waals surface area contributed by atoms with Gasteiger partial charge in [0.05, 0.1) is 6.20 Å². The molecule has 0 saturated carbocycles. The molecule has 0 radical (unpaired) electrons. The lowest BCUT2D eigenvalue weighted by Crippen LogP contribution is -1.98. The second-order valence-corrected chi connectivity index (χ2v) is 3.70. The van der Waals surface area contributed by atoms with Gasteiger partial charge in [-0.15, -0.1) is 0 Å². The minimum atomic E-state index is 0.525. The molecule has 0 amide bonds. The van der Waals surface area contributed by atoms with Crippen LogP contribution in [0.4, 0.5) is 6.01 Å².